The molecular weight excluding hydrogens is 1420 g/mol. The minimum absolute atomic E-state index is 1.31. The van der Waals surface area contributed by atoms with Crippen LogP contribution in [0.5, 0.6) is 0 Å². The molecule has 0 nitrogen and oxygen atoms in total. The second-order valence-electron chi connectivity index (χ2n) is 25.0. The normalized spacial score (nSPS) is 9.44. The van der Waals surface area contributed by atoms with Crippen molar-refractivity contribution < 1.29 is 0 Å². The maximum Gasteiger partial charge on any atom is -0.00761 e. The van der Waals surface area contributed by atoms with E-state index in [1.807, 2.05) is 166 Å². The lowest BCUT2D eigenvalue weighted by Gasteiger charge is -2.10. The number of hydrogen-bond donors (Lipinski definition) is 0. The minimum Gasteiger partial charge on any atom is -0.0683 e. The van der Waals surface area contributed by atoms with Crippen molar-refractivity contribution >= 4 is 140 Å². The van der Waals surface area contributed by atoms with Crippen LogP contribution in [0.3, 0.4) is 0 Å². The van der Waals surface area contributed by atoms with E-state index < -0.39 is 0 Å². The molecule has 19 aromatic carbocycles. The third kappa shape index (κ3) is 27.1. The molecule has 0 aliphatic carbocycles. The Labute approximate surface area is 716 Å². The van der Waals surface area contributed by atoms with E-state index in [0.717, 1.165) is 0 Å². The maximum absolute atomic E-state index is 2.32. The summed E-state index contributed by atoms with van der Waals surface area (Å²) in [5.41, 5.74) is 8.03. The van der Waals surface area contributed by atoms with Gasteiger partial charge in [-0.05, 0) is 204 Å². The molecule has 0 spiro atoms. The molecule has 0 heteroatoms. The zero-order valence-electron chi connectivity index (χ0n) is 78.3. The van der Waals surface area contributed by atoms with E-state index in [1.165, 1.54) is 173 Å². The summed E-state index contributed by atoms with van der Waals surface area (Å²) in [7, 11) is 0. The van der Waals surface area contributed by atoms with Crippen LogP contribution < -0.4 is 0 Å². The molecule has 0 unspecified atom stereocenters. The Hall–Kier alpha value is -11.4. The van der Waals surface area contributed by atoms with Gasteiger partial charge < -0.3 is 0 Å². The zero-order valence-corrected chi connectivity index (χ0v) is 78.3. The largest absolute Gasteiger partial charge is 0.0683 e. The highest BCUT2D eigenvalue weighted by atomic mass is 14.1. The van der Waals surface area contributed by atoms with Crippen molar-refractivity contribution in [2.45, 2.75) is 208 Å². The molecule has 0 saturated heterocycles. The fourth-order valence-corrected chi connectivity index (χ4v) is 14.0. The predicted molar refractivity (Wildman–Crippen MR) is 551 cm³/mol. The molecule has 0 aliphatic heterocycles. The molecule has 0 bridgehead atoms. The van der Waals surface area contributed by atoms with Gasteiger partial charge in [-0.2, -0.15) is 0 Å². The molecule has 0 amide bonds. The van der Waals surface area contributed by atoms with Crippen molar-refractivity contribution in [3.05, 3.63) is 373 Å². The lowest BCUT2D eigenvalue weighted by Crippen LogP contribution is -1.83. The molecule has 19 aromatic rings. The summed E-state index contributed by atoms with van der Waals surface area (Å²) in [5, 5.41) is 34.9. The van der Waals surface area contributed by atoms with Crippen LogP contribution in [0, 0.1) is 41.5 Å². The van der Waals surface area contributed by atoms with Gasteiger partial charge in [0.1, 0.15) is 0 Å². The molecule has 0 saturated carbocycles. The van der Waals surface area contributed by atoms with Gasteiger partial charge in [0.2, 0.25) is 0 Å². The highest BCUT2D eigenvalue weighted by Crippen LogP contribution is 2.35. The number of fused-ring (bicyclic) bond motifs is 20. The molecule has 618 valence electrons. The Morgan fingerprint density at radius 2 is 0.331 bits per heavy atom. The summed E-state index contributed by atoms with van der Waals surface area (Å²) in [6.45, 7) is 61.0. The summed E-state index contributed by atoms with van der Waals surface area (Å²) < 4.78 is 0. The fraction of sp³-hybridized carbons (Fsp3) is 0.254. The first kappa shape index (κ1) is 103. The first-order valence-electron chi connectivity index (χ1n) is 44.8. The van der Waals surface area contributed by atoms with E-state index in [1.54, 1.807) is 0 Å². The van der Waals surface area contributed by atoms with Crippen molar-refractivity contribution in [2.24, 2.45) is 0 Å². The summed E-state index contributed by atoms with van der Waals surface area (Å²) >= 11 is 0. The van der Waals surface area contributed by atoms with Crippen molar-refractivity contribution in [3.8, 4) is 0 Å². The topological polar surface area (TPSA) is 0 Å². The van der Waals surface area contributed by atoms with Gasteiger partial charge in [-0.25, -0.2) is 0 Å². The summed E-state index contributed by atoms with van der Waals surface area (Å²) in [6, 6.07) is 121. The summed E-state index contributed by atoms with van der Waals surface area (Å²) in [6.07, 6.45) is 0. The Morgan fingerprint density at radius 3 is 0.797 bits per heavy atom. The Morgan fingerprint density at radius 1 is 0.110 bits per heavy atom. The summed E-state index contributed by atoms with van der Waals surface area (Å²) in [4.78, 5) is 0. The van der Waals surface area contributed by atoms with Gasteiger partial charge in [-0.3, -0.25) is 0 Å². The van der Waals surface area contributed by atoms with Crippen LogP contribution in [0.25, 0.3) is 140 Å². The van der Waals surface area contributed by atoms with Crippen molar-refractivity contribution in [2.75, 3.05) is 0 Å². The van der Waals surface area contributed by atoms with Gasteiger partial charge in [0.15, 0.2) is 0 Å². The first-order chi connectivity index (χ1) is 58.1. The van der Waals surface area contributed by atoms with E-state index in [-0.39, 0.29) is 0 Å². The highest BCUT2D eigenvalue weighted by Gasteiger charge is 2.09. The highest BCUT2D eigenvalue weighted by molar-refractivity contribution is 6.18. The van der Waals surface area contributed by atoms with E-state index >= 15 is 0 Å². The molecule has 118 heavy (non-hydrogen) atoms. The molecule has 0 N–H and O–H groups in total. The quantitative estimate of drug-likeness (QED) is 0.133. The Bertz CT molecular complexity index is 5910. The lowest BCUT2D eigenvalue weighted by atomic mass is 9.94. The molecule has 0 fully saturated rings. The zero-order chi connectivity index (χ0) is 88.1. The van der Waals surface area contributed by atoms with Crippen LogP contribution >= 0.6 is 0 Å². The average molecular weight is 1560 g/mol. The SMILES string of the molecule is CC.CC.CC.CC.CC.CC.CC.CC.CC.CC.CC.CC.Cc1cc2c3ccccc3ccc2c2ccccc12.Cc1cc2ccccc2c2ccccc12.Cc1ccc2c(ccc3ccccc32)c1.Cc1ccc2ccc3ccccc3c2c1.Cc1cccc2c1ccc1ccccc12.Cc1cccc2ccc3ccccc3c12. The van der Waals surface area contributed by atoms with E-state index in [0.29, 0.717) is 0 Å². The van der Waals surface area contributed by atoms with Crippen LogP contribution in [-0.2, 0) is 0 Å². The monoisotopic (exact) mass is 1560 g/mol. The number of benzene rings is 19. The third-order valence-corrected chi connectivity index (χ3v) is 18.7. The van der Waals surface area contributed by atoms with Gasteiger partial charge in [-0.1, -0.05) is 517 Å². The molecule has 0 heterocycles. The predicted octanol–water partition coefficient (Wildman–Crippen LogP) is 39.3. The van der Waals surface area contributed by atoms with Gasteiger partial charge in [-0.15, -0.1) is 0 Å². The van der Waals surface area contributed by atoms with Crippen LogP contribution in [0.2, 0.25) is 0 Å². The van der Waals surface area contributed by atoms with Gasteiger partial charge in [0, 0.05) is 0 Å². The Balaban J connectivity index is 0.000000457. The number of aryl methyl sites for hydroxylation is 6. The smallest absolute Gasteiger partial charge is 0.00761 e. The van der Waals surface area contributed by atoms with E-state index in [9.17, 15) is 0 Å². The molecule has 19 rings (SSSR count). The van der Waals surface area contributed by atoms with Crippen LogP contribution in [0.4, 0.5) is 0 Å². The maximum atomic E-state index is 2.32. The Kier molecular flexibility index (Phi) is 50.8. The second-order valence-corrected chi connectivity index (χ2v) is 25.0. The van der Waals surface area contributed by atoms with Crippen molar-refractivity contribution in [3.63, 3.8) is 0 Å². The van der Waals surface area contributed by atoms with Gasteiger partial charge in [0.25, 0.3) is 0 Å². The first-order valence-corrected chi connectivity index (χ1v) is 44.8. The number of hydrogen-bond acceptors (Lipinski definition) is 0. The third-order valence-electron chi connectivity index (χ3n) is 18.7. The molecule has 0 aliphatic rings. The average Bonchev–Trinajstić information content (AvgIpc) is 0.754. The molecule has 0 aromatic heterocycles. The van der Waals surface area contributed by atoms with E-state index in [2.05, 4.69) is 381 Å². The molecule has 0 radical (unpaired) electrons. The summed E-state index contributed by atoms with van der Waals surface area (Å²) in [5.74, 6) is 0. The molecule has 0 atom stereocenters. The lowest BCUT2D eigenvalue weighted by molar-refractivity contribution is 1.50. The molecular formula is C118H146. The fourth-order valence-electron chi connectivity index (χ4n) is 14.0. The van der Waals surface area contributed by atoms with E-state index in [4.69, 9.17) is 0 Å². The minimum atomic E-state index is 1.31. The van der Waals surface area contributed by atoms with Crippen molar-refractivity contribution in [1.29, 1.82) is 0 Å². The van der Waals surface area contributed by atoms with Crippen LogP contribution in [0.1, 0.15) is 200 Å². The van der Waals surface area contributed by atoms with Gasteiger partial charge >= 0.3 is 0 Å². The standard InChI is InChI=1S/C19H14.5C15H12.12C2H6/c1-13-12-19-16-8-3-2-6-14(16)10-11-18(19)17-9-5-4-7-15(13)17;1-11-5-4-7-13-10-9-12-6-2-3-8-14(12)15(11)13;1-11-10-12-6-2-3-8-14(12)15-9-5-4-7-13(11)15;1-11-5-4-8-15-13(11)10-9-12-6-2-3-7-14(12)15;1-11-6-9-15-13(10-11)8-7-12-4-2-3-5-14(12)15;1-11-6-7-13-9-8-12-4-2-3-5-14(12)15(13)10-11;12*1-2/h2-12H,1H3;5*2-10H,1H3;12*1-2H3. The van der Waals surface area contributed by atoms with Gasteiger partial charge in [0.05, 0.1) is 0 Å². The second kappa shape index (κ2) is 58.4. The number of rotatable bonds is 0. The van der Waals surface area contributed by atoms with Crippen molar-refractivity contribution in [1.82, 2.24) is 0 Å². The van der Waals surface area contributed by atoms with Crippen LogP contribution in [-0.4, -0.2) is 0 Å². The van der Waals surface area contributed by atoms with Crippen LogP contribution in [0.15, 0.2) is 340 Å².